The summed E-state index contributed by atoms with van der Waals surface area (Å²) in [5.74, 6) is 0.754. The maximum Gasteiger partial charge on any atom is 0.106 e. The Hall–Kier alpha value is -0.730. The second kappa shape index (κ2) is 15.3. The maximum atomic E-state index is 8.33. The summed E-state index contributed by atoms with van der Waals surface area (Å²) in [5, 5.41) is 17.6. The van der Waals surface area contributed by atoms with E-state index in [2.05, 4.69) is 54.6 Å². The largest absolute Gasteiger partial charge is 0.394 e. The van der Waals surface area contributed by atoms with Gasteiger partial charge in [0.15, 0.2) is 0 Å². The van der Waals surface area contributed by atoms with Crippen LogP contribution >= 0.6 is 35.5 Å². The van der Waals surface area contributed by atoms with E-state index in [1.165, 1.54) is 53.7 Å². The predicted molar refractivity (Wildman–Crippen MR) is 144 cm³/mol. The molecule has 184 valence electrons. The van der Waals surface area contributed by atoms with Gasteiger partial charge in [0.1, 0.15) is 12.1 Å². The zero-order valence-electron chi connectivity index (χ0n) is 20.3. The van der Waals surface area contributed by atoms with E-state index < -0.39 is 0 Å². The third kappa shape index (κ3) is 9.81. The van der Waals surface area contributed by atoms with Crippen LogP contribution in [0.25, 0.3) is 0 Å². The molecule has 7 heteroatoms. The summed E-state index contributed by atoms with van der Waals surface area (Å²) < 4.78 is 4.29. The molecule has 0 spiro atoms. The molecule has 1 aliphatic heterocycles. The highest BCUT2D eigenvalue weighted by atomic mass is 35.5. The van der Waals surface area contributed by atoms with Crippen molar-refractivity contribution in [1.82, 2.24) is 8.61 Å². The van der Waals surface area contributed by atoms with Gasteiger partial charge in [0, 0.05) is 22.5 Å². The summed E-state index contributed by atoms with van der Waals surface area (Å²) in [6.07, 6.45) is 5.37. The molecule has 1 heterocycles. The SMILES string of the molecule is CC.Cc1ccc(CN(Sc2ccc(Cl)cc2)C2CCCCC2C)cc1.OCC1SN1CO. The molecule has 2 aromatic carbocycles. The topological polar surface area (TPSA) is 46.7 Å². The molecule has 4 unspecified atom stereocenters. The van der Waals surface area contributed by atoms with Crippen LogP contribution in [0.1, 0.15) is 57.6 Å². The molecule has 0 radical (unpaired) electrons. The van der Waals surface area contributed by atoms with Gasteiger partial charge in [-0.3, -0.25) is 0 Å². The Bertz CT molecular complexity index is 736. The normalized spacial score (nSPS) is 23.8. The summed E-state index contributed by atoms with van der Waals surface area (Å²) in [4.78, 5) is 1.27. The minimum atomic E-state index is 0.0515. The fourth-order valence-electron chi connectivity index (χ4n) is 3.82. The quantitative estimate of drug-likeness (QED) is 0.309. The Labute approximate surface area is 214 Å². The summed E-state index contributed by atoms with van der Waals surface area (Å²) in [6.45, 7) is 9.74. The van der Waals surface area contributed by atoms with Crippen LogP contribution in [0.4, 0.5) is 0 Å². The first-order valence-electron chi connectivity index (χ1n) is 11.9. The van der Waals surface area contributed by atoms with E-state index in [-0.39, 0.29) is 18.7 Å². The third-order valence-electron chi connectivity index (χ3n) is 5.76. The number of aliphatic hydroxyl groups is 2. The van der Waals surface area contributed by atoms with Gasteiger partial charge in [-0.2, -0.15) is 0 Å². The molecule has 2 fully saturated rings. The molecule has 4 rings (SSSR count). The third-order valence-corrected chi connectivity index (χ3v) is 8.20. The standard InChI is InChI=1S/C21H26ClNS.C3H7NO2S.C2H6/c1-16-7-9-18(10-8-16)15-23(21-6-4-3-5-17(21)2)24-20-13-11-19(22)12-14-20;5-1-3-4(2-6)7-3;1-2/h7-14,17,21H,3-6,15H2,1-2H3;3,5-6H,1-2H2;1-2H3. The number of hydrogen-bond acceptors (Lipinski definition) is 6. The molecule has 33 heavy (non-hydrogen) atoms. The minimum absolute atomic E-state index is 0.0515. The predicted octanol–water partition coefficient (Wildman–Crippen LogP) is 6.98. The number of rotatable bonds is 7. The Morgan fingerprint density at radius 2 is 1.67 bits per heavy atom. The van der Waals surface area contributed by atoms with E-state index in [0.29, 0.717) is 6.04 Å². The number of halogens is 1. The molecular formula is C26H39ClN2O2S2. The van der Waals surface area contributed by atoms with Gasteiger partial charge in [0.2, 0.25) is 0 Å². The van der Waals surface area contributed by atoms with Crippen LogP contribution in [-0.4, -0.2) is 43.6 Å². The molecule has 1 aliphatic carbocycles. The van der Waals surface area contributed by atoms with Crippen LogP contribution in [0, 0.1) is 12.8 Å². The van der Waals surface area contributed by atoms with Crippen LogP contribution in [0.3, 0.4) is 0 Å². The number of aryl methyl sites for hydroxylation is 1. The van der Waals surface area contributed by atoms with Gasteiger partial charge in [0.25, 0.3) is 0 Å². The van der Waals surface area contributed by atoms with Crippen LogP contribution in [-0.2, 0) is 6.54 Å². The van der Waals surface area contributed by atoms with E-state index in [1.807, 2.05) is 37.9 Å². The van der Waals surface area contributed by atoms with Crippen molar-refractivity contribution in [3.8, 4) is 0 Å². The number of benzene rings is 2. The van der Waals surface area contributed by atoms with E-state index in [9.17, 15) is 0 Å². The summed E-state index contributed by atoms with van der Waals surface area (Å²) >= 11 is 9.39. The monoisotopic (exact) mass is 510 g/mol. The van der Waals surface area contributed by atoms with Crippen molar-refractivity contribution in [3.05, 3.63) is 64.7 Å². The van der Waals surface area contributed by atoms with E-state index in [0.717, 1.165) is 17.5 Å². The van der Waals surface area contributed by atoms with Gasteiger partial charge in [-0.05, 0) is 67.5 Å². The second-order valence-electron chi connectivity index (χ2n) is 8.24. The van der Waals surface area contributed by atoms with E-state index >= 15 is 0 Å². The van der Waals surface area contributed by atoms with Crippen molar-refractivity contribution in [2.45, 2.75) is 76.2 Å². The van der Waals surface area contributed by atoms with Crippen molar-refractivity contribution in [2.75, 3.05) is 13.3 Å². The molecular weight excluding hydrogens is 472 g/mol. The van der Waals surface area contributed by atoms with Crippen LogP contribution in [0.5, 0.6) is 0 Å². The molecule has 2 aliphatic rings. The van der Waals surface area contributed by atoms with E-state index in [4.69, 9.17) is 21.8 Å². The van der Waals surface area contributed by atoms with Gasteiger partial charge in [0.05, 0.1) is 6.61 Å². The minimum Gasteiger partial charge on any atom is -0.394 e. The number of hydrogen-bond donors (Lipinski definition) is 2. The fraction of sp³-hybridized carbons (Fsp3) is 0.538. The smallest absolute Gasteiger partial charge is 0.106 e. The van der Waals surface area contributed by atoms with Crippen molar-refractivity contribution < 1.29 is 10.2 Å². The molecule has 2 N–H and O–H groups in total. The van der Waals surface area contributed by atoms with Gasteiger partial charge in [-0.25, -0.2) is 8.61 Å². The van der Waals surface area contributed by atoms with Gasteiger partial charge in [-0.1, -0.05) is 87.0 Å². The lowest BCUT2D eigenvalue weighted by Gasteiger charge is -2.37. The van der Waals surface area contributed by atoms with Crippen molar-refractivity contribution in [3.63, 3.8) is 0 Å². The molecule has 0 amide bonds. The van der Waals surface area contributed by atoms with Gasteiger partial charge >= 0.3 is 0 Å². The molecule has 1 saturated heterocycles. The molecule has 2 aromatic rings. The fourth-order valence-corrected chi connectivity index (χ4v) is 5.67. The Kier molecular flexibility index (Phi) is 13.2. The Morgan fingerprint density at radius 3 is 2.18 bits per heavy atom. The maximum absolute atomic E-state index is 8.33. The highest BCUT2D eigenvalue weighted by molar-refractivity contribution is 8.03. The lowest BCUT2D eigenvalue weighted by Crippen LogP contribution is -2.36. The van der Waals surface area contributed by atoms with Crippen molar-refractivity contribution >= 4 is 35.5 Å². The van der Waals surface area contributed by atoms with Crippen LogP contribution in [0.2, 0.25) is 5.02 Å². The molecule has 1 saturated carbocycles. The first kappa shape index (κ1) is 28.5. The summed E-state index contributed by atoms with van der Waals surface area (Å²) in [5.41, 5.74) is 2.71. The first-order valence-corrected chi connectivity index (χ1v) is 13.9. The van der Waals surface area contributed by atoms with Crippen LogP contribution in [0.15, 0.2) is 53.4 Å². The van der Waals surface area contributed by atoms with E-state index in [1.54, 1.807) is 4.31 Å². The Morgan fingerprint density at radius 1 is 1.03 bits per heavy atom. The molecule has 0 aromatic heterocycles. The average Bonchev–Trinajstić information content (AvgIpc) is 3.63. The van der Waals surface area contributed by atoms with Crippen molar-refractivity contribution in [2.24, 2.45) is 5.92 Å². The number of aliphatic hydroxyl groups excluding tert-OH is 2. The molecule has 0 bridgehead atoms. The lowest BCUT2D eigenvalue weighted by molar-refractivity contribution is 0.184. The average molecular weight is 511 g/mol. The second-order valence-corrected chi connectivity index (χ2v) is 11.0. The summed E-state index contributed by atoms with van der Waals surface area (Å²) in [7, 11) is 0. The van der Waals surface area contributed by atoms with Gasteiger partial charge in [-0.15, -0.1) is 0 Å². The van der Waals surface area contributed by atoms with Crippen molar-refractivity contribution in [1.29, 1.82) is 0 Å². The highest BCUT2D eigenvalue weighted by Crippen LogP contribution is 2.37. The Balaban J connectivity index is 0.000000362. The molecule has 4 nitrogen and oxygen atoms in total. The zero-order valence-corrected chi connectivity index (χ0v) is 22.7. The zero-order chi connectivity index (χ0) is 24.2. The molecule has 4 atom stereocenters. The highest BCUT2D eigenvalue weighted by Gasteiger charge is 2.33. The number of nitrogens with zero attached hydrogens (tertiary/aromatic N) is 2. The lowest BCUT2D eigenvalue weighted by atomic mass is 9.86. The summed E-state index contributed by atoms with van der Waals surface area (Å²) in [6, 6.07) is 17.8. The van der Waals surface area contributed by atoms with Gasteiger partial charge < -0.3 is 10.2 Å². The first-order chi connectivity index (χ1) is 16.0. The van der Waals surface area contributed by atoms with Crippen LogP contribution < -0.4 is 0 Å².